The summed E-state index contributed by atoms with van der Waals surface area (Å²) >= 11 is 0. The summed E-state index contributed by atoms with van der Waals surface area (Å²) in [6, 6.07) is 16.7. The molecule has 2 aromatic rings. The molecule has 0 saturated carbocycles. The predicted molar refractivity (Wildman–Crippen MR) is 141 cm³/mol. The lowest BCUT2D eigenvalue weighted by Crippen LogP contribution is -2.53. The number of nitrogens with zero attached hydrogens (tertiary/aromatic N) is 1. The first-order valence-electron chi connectivity index (χ1n) is 11.9. The van der Waals surface area contributed by atoms with E-state index in [0.29, 0.717) is 5.56 Å². The van der Waals surface area contributed by atoms with E-state index in [-0.39, 0.29) is 6.42 Å². The van der Waals surface area contributed by atoms with Gasteiger partial charge in [0, 0.05) is 18.0 Å². The predicted octanol–water partition coefficient (Wildman–Crippen LogP) is 4.51. The van der Waals surface area contributed by atoms with Gasteiger partial charge < -0.3 is 15.4 Å². The van der Waals surface area contributed by atoms with Crippen LogP contribution in [-0.4, -0.2) is 40.0 Å². The summed E-state index contributed by atoms with van der Waals surface area (Å²) in [5.74, 6) is -1.02. The minimum absolute atomic E-state index is 0.165. The van der Waals surface area contributed by atoms with Crippen LogP contribution in [0.3, 0.4) is 0 Å². The molecule has 0 aliphatic rings. The van der Waals surface area contributed by atoms with E-state index >= 15 is 0 Å². The van der Waals surface area contributed by atoms with Crippen LogP contribution in [0.25, 0.3) is 0 Å². The minimum Gasteiger partial charge on any atom is -0.444 e. The number of carbonyl (C=O) groups is 3. The van der Waals surface area contributed by atoms with E-state index in [0.717, 1.165) is 16.0 Å². The lowest BCUT2D eigenvalue weighted by molar-refractivity contribution is -0.139. The Kier molecular flexibility index (Phi) is 9.29. The molecule has 0 fully saturated rings. The van der Waals surface area contributed by atoms with Gasteiger partial charge in [-0.1, -0.05) is 66.6 Å². The molecule has 2 atom stereocenters. The van der Waals surface area contributed by atoms with Crippen LogP contribution >= 0.6 is 0 Å². The standard InChI is InChI=1S/C29H37N3O4/c1-9-32(24(25(33)31-28(3,4)5)22-17-15-20(2)16-18-22)26(34)23(19-21-13-11-10-12-14-21)30-27(35)36-29(6,7)8/h1,10-18,23-24H,19H2,2-8H3,(H,30,35)(H,31,33). The molecule has 0 saturated heterocycles. The third-order valence-electron chi connectivity index (χ3n) is 5.05. The maximum Gasteiger partial charge on any atom is 0.408 e. The number of terminal acetylenes is 1. The van der Waals surface area contributed by atoms with Crippen LogP contribution in [0.4, 0.5) is 4.79 Å². The Hall–Kier alpha value is -3.79. The molecule has 0 aliphatic carbocycles. The molecule has 3 amide bonds. The van der Waals surface area contributed by atoms with Gasteiger partial charge in [-0.3, -0.25) is 14.5 Å². The summed E-state index contributed by atoms with van der Waals surface area (Å²) in [7, 11) is 0. The lowest BCUT2D eigenvalue weighted by Gasteiger charge is -2.32. The Bertz CT molecular complexity index is 1090. The highest BCUT2D eigenvalue weighted by molar-refractivity contribution is 5.93. The number of amides is 3. The molecule has 0 spiro atoms. The fourth-order valence-electron chi connectivity index (χ4n) is 3.54. The summed E-state index contributed by atoms with van der Waals surface area (Å²) in [5.41, 5.74) is 1.06. The molecule has 0 heterocycles. The number of rotatable bonds is 7. The SMILES string of the molecule is C#CN(C(=O)C(Cc1ccccc1)NC(=O)OC(C)(C)C)C(C(=O)NC(C)(C)C)c1ccc(C)cc1. The first-order valence-corrected chi connectivity index (χ1v) is 11.9. The third-order valence-corrected chi connectivity index (χ3v) is 5.05. The second kappa shape index (κ2) is 11.8. The minimum atomic E-state index is -1.10. The van der Waals surface area contributed by atoms with Gasteiger partial charge in [0.1, 0.15) is 17.7 Å². The summed E-state index contributed by atoms with van der Waals surface area (Å²) < 4.78 is 5.39. The van der Waals surface area contributed by atoms with Gasteiger partial charge >= 0.3 is 6.09 Å². The maximum atomic E-state index is 13.9. The molecule has 2 unspecified atom stereocenters. The van der Waals surface area contributed by atoms with Crippen molar-refractivity contribution in [3.05, 3.63) is 71.3 Å². The molecule has 0 aromatic heterocycles. The van der Waals surface area contributed by atoms with Crippen LogP contribution in [0, 0.1) is 19.4 Å². The van der Waals surface area contributed by atoms with Crippen molar-refractivity contribution in [3.8, 4) is 12.5 Å². The number of benzene rings is 2. The van der Waals surface area contributed by atoms with E-state index < -0.39 is 41.1 Å². The van der Waals surface area contributed by atoms with Crippen molar-refractivity contribution in [3.63, 3.8) is 0 Å². The molecule has 7 nitrogen and oxygen atoms in total. The van der Waals surface area contributed by atoms with E-state index in [9.17, 15) is 14.4 Å². The zero-order valence-electron chi connectivity index (χ0n) is 22.2. The largest absolute Gasteiger partial charge is 0.444 e. The normalized spacial score (nSPS) is 13.1. The average Bonchev–Trinajstić information content (AvgIpc) is 2.75. The van der Waals surface area contributed by atoms with Crippen LogP contribution in [0.5, 0.6) is 0 Å². The molecule has 0 bridgehead atoms. The highest BCUT2D eigenvalue weighted by atomic mass is 16.6. The van der Waals surface area contributed by atoms with Crippen molar-refractivity contribution < 1.29 is 19.1 Å². The molecule has 7 heteroatoms. The molecule has 36 heavy (non-hydrogen) atoms. The number of nitrogens with one attached hydrogen (secondary N) is 2. The van der Waals surface area contributed by atoms with Gasteiger partial charge in [0.25, 0.3) is 5.91 Å². The smallest absolute Gasteiger partial charge is 0.408 e. The van der Waals surface area contributed by atoms with E-state index in [1.165, 1.54) is 0 Å². The van der Waals surface area contributed by atoms with Crippen molar-refractivity contribution in [2.45, 2.75) is 78.1 Å². The van der Waals surface area contributed by atoms with Crippen LogP contribution in [-0.2, 0) is 20.7 Å². The van der Waals surface area contributed by atoms with Gasteiger partial charge in [0.15, 0.2) is 0 Å². The van der Waals surface area contributed by atoms with Gasteiger partial charge in [-0.2, -0.15) is 0 Å². The first-order chi connectivity index (χ1) is 16.7. The lowest BCUT2D eigenvalue weighted by atomic mass is 9.99. The molecule has 192 valence electrons. The topological polar surface area (TPSA) is 87.7 Å². The Balaban J connectivity index is 2.48. The van der Waals surface area contributed by atoms with Gasteiger partial charge in [-0.15, -0.1) is 0 Å². The van der Waals surface area contributed by atoms with E-state index in [1.807, 2.05) is 70.2 Å². The Morgan fingerprint density at radius 3 is 2.06 bits per heavy atom. The maximum absolute atomic E-state index is 13.9. The Morgan fingerprint density at radius 2 is 1.56 bits per heavy atom. The summed E-state index contributed by atoms with van der Waals surface area (Å²) in [6.45, 7) is 12.7. The van der Waals surface area contributed by atoms with Gasteiger partial charge in [-0.25, -0.2) is 4.79 Å². The number of ether oxygens (including phenoxy) is 1. The highest BCUT2D eigenvalue weighted by Crippen LogP contribution is 2.24. The Labute approximate surface area is 214 Å². The van der Waals surface area contributed by atoms with E-state index in [4.69, 9.17) is 11.2 Å². The van der Waals surface area contributed by atoms with Crippen molar-refractivity contribution >= 4 is 17.9 Å². The van der Waals surface area contributed by atoms with Gasteiger partial charge in [-0.05, 0) is 59.6 Å². The second-order valence-electron chi connectivity index (χ2n) is 10.8. The number of hydrogen-bond donors (Lipinski definition) is 2. The van der Waals surface area contributed by atoms with Gasteiger partial charge in [0.05, 0.1) is 0 Å². The zero-order valence-corrected chi connectivity index (χ0v) is 22.2. The quantitative estimate of drug-likeness (QED) is 0.441. The number of aryl methyl sites for hydroxylation is 1. The van der Waals surface area contributed by atoms with Crippen LogP contribution in [0.1, 0.15) is 64.3 Å². The summed E-state index contributed by atoms with van der Waals surface area (Å²) in [4.78, 5) is 41.0. The molecule has 2 aromatic carbocycles. The Morgan fingerprint density at radius 1 is 0.972 bits per heavy atom. The van der Waals surface area contributed by atoms with Crippen molar-refractivity contribution in [2.24, 2.45) is 0 Å². The fraction of sp³-hybridized carbons (Fsp3) is 0.414. The second-order valence-corrected chi connectivity index (χ2v) is 10.8. The van der Waals surface area contributed by atoms with Crippen molar-refractivity contribution in [1.82, 2.24) is 15.5 Å². The van der Waals surface area contributed by atoms with E-state index in [2.05, 4.69) is 16.7 Å². The molecule has 2 rings (SSSR count). The summed E-state index contributed by atoms with van der Waals surface area (Å²) in [6.07, 6.45) is 5.25. The number of alkyl carbamates (subject to hydrolysis) is 1. The number of carbonyl (C=O) groups excluding carboxylic acids is 3. The van der Waals surface area contributed by atoms with Gasteiger partial charge in [0.2, 0.25) is 5.91 Å². The molecule has 0 aliphatic heterocycles. The number of hydrogen-bond acceptors (Lipinski definition) is 4. The molecular weight excluding hydrogens is 454 g/mol. The van der Waals surface area contributed by atoms with E-state index in [1.54, 1.807) is 32.9 Å². The van der Waals surface area contributed by atoms with Crippen LogP contribution in [0.15, 0.2) is 54.6 Å². The van der Waals surface area contributed by atoms with Crippen molar-refractivity contribution in [1.29, 1.82) is 0 Å². The molecule has 2 N–H and O–H groups in total. The monoisotopic (exact) mass is 491 g/mol. The third kappa shape index (κ3) is 8.77. The highest BCUT2D eigenvalue weighted by Gasteiger charge is 2.37. The average molecular weight is 492 g/mol. The first kappa shape index (κ1) is 28.4. The van der Waals surface area contributed by atoms with Crippen LogP contribution < -0.4 is 10.6 Å². The fourth-order valence-corrected chi connectivity index (χ4v) is 3.54. The summed E-state index contributed by atoms with van der Waals surface area (Å²) in [5, 5.41) is 5.58. The zero-order chi connectivity index (χ0) is 27.1. The van der Waals surface area contributed by atoms with Crippen molar-refractivity contribution in [2.75, 3.05) is 0 Å². The van der Waals surface area contributed by atoms with Crippen LogP contribution in [0.2, 0.25) is 0 Å². The molecular formula is C29H37N3O4. The molecule has 0 radical (unpaired) electrons.